The fourth-order valence-corrected chi connectivity index (χ4v) is 0.911. The van der Waals surface area contributed by atoms with Crippen molar-refractivity contribution in [3.8, 4) is 5.75 Å². The van der Waals surface area contributed by atoms with Gasteiger partial charge in [0.2, 0.25) is 0 Å². The fourth-order valence-electron chi connectivity index (χ4n) is 0.911. The number of hydrogen-bond acceptors (Lipinski definition) is 4. The van der Waals surface area contributed by atoms with Gasteiger partial charge in [-0.25, -0.2) is 4.39 Å². The second-order valence-electron chi connectivity index (χ2n) is 2.44. The smallest absolute Gasteiger partial charge is 0.313 e. The van der Waals surface area contributed by atoms with Gasteiger partial charge in [-0.1, -0.05) is 0 Å². The lowest BCUT2D eigenvalue weighted by atomic mass is 10.3. The van der Waals surface area contributed by atoms with E-state index >= 15 is 0 Å². The summed E-state index contributed by atoms with van der Waals surface area (Å²) in [6.07, 6.45) is 0. The Bertz CT molecular complexity index is 342. The third-order valence-corrected chi connectivity index (χ3v) is 1.47. The Labute approximate surface area is 78.9 Å². The first-order valence-corrected chi connectivity index (χ1v) is 3.82. The van der Waals surface area contributed by atoms with Gasteiger partial charge in [0.15, 0.2) is 5.75 Å². The number of nitro groups is 1. The van der Waals surface area contributed by atoms with E-state index in [4.69, 9.17) is 9.84 Å². The second kappa shape index (κ2) is 4.52. The first kappa shape index (κ1) is 10.4. The van der Waals surface area contributed by atoms with E-state index in [0.29, 0.717) is 0 Å². The molecule has 6 heteroatoms. The molecule has 1 aromatic carbocycles. The Kier molecular flexibility index (Phi) is 3.35. The van der Waals surface area contributed by atoms with Crippen molar-refractivity contribution in [1.82, 2.24) is 0 Å². The molecule has 1 rings (SSSR count). The summed E-state index contributed by atoms with van der Waals surface area (Å²) in [7, 11) is 0. The quantitative estimate of drug-likeness (QED) is 0.584. The van der Waals surface area contributed by atoms with E-state index in [1.54, 1.807) is 0 Å². The minimum atomic E-state index is -0.740. The van der Waals surface area contributed by atoms with Crippen molar-refractivity contribution in [2.45, 2.75) is 0 Å². The van der Waals surface area contributed by atoms with Gasteiger partial charge in [0, 0.05) is 0 Å². The molecule has 0 radical (unpaired) electrons. The molecule has 0 saturated heterocycles. The molecule has 76 valence electrons. The standard InChI is InChI=1S/C8H8FNO4/c9-6-1-2-8(14-4-3-11)7(5-6)10(12)13/h1-2,5,11H,3-4H2. The van der Waals surface area contributed by atoms with Crippen molar-refractivity contribution in [1.29, 1.82) is 0 Å². The monoisotopic (exact) mass is 201 g/mol. The molecule has 1 N–H and O–H groups in total. The molecular formula is C8H8FNO4. The summed E-state index contributed by atoms with van der Waals surface area (Å²) in [6.45, 7) is -0.318. The average Bonchev–Trinajstić information content (AvgIpc) is 2.15. The van der Waals surface area contributed by atoms with E-state index in [0.717, 1.165) is 18.2 Å². The summed E-state index contributed by atoms with van der Waals surface area (Å²) in [5.41, 5.74) is -0.446. The molecule has 0 heterocycles. The largest absolute Gasteiger partial charge is 0.484 e. The summed E-state index contributed by atoms with van der Waals surface area (Å²) in [5.74, 6) is -0.751. The summed E-state index contributed by atoms with van der Waals surface area (Å²) in [5, 5.41) is 18.9. The van der Waals surface area contributed by atoms with Crippen LogP contribution < -0.4 is 4.74 Å². The summed E-state index contributed by atoms with van der Waals surface area (Å²) >= 11 is 0. The molecule has 0 aromatic heterocycles. The van der Waals surface area contributed by atoms with E-state index in [-0.39, 0.29) is 19.0 Å². The highest BCUT2D eigenvalue weighted by Gasteiger charge is 2.15. The first-order chi connectivity index (χ1) is 6.65. The Morgan fingerprint density at radius 3 is 2.86 bits per heavy atom. The van der Waals surface area contributed by atoms with Crippen LogP contribution in [0.4, 0.5) is 10.1 Å². The summed E-state index contributed by atoms with van der Waals surface area (Å²) in [6, 6.07) is 2.98. The minimum absolute atomic E-state index is 0.0505. The Hall–Kier alpha value is -1.69. The highest BCUT2D eigenvalue weighted by Crippen LogP contribution is 2.27. The number of ether oxygens (including phenoxy) is 1. The van der Waals surface area contributed by atoms with Crippen molar-refractivity contribution >= 4 is 5.69 Å². The van der Waals surface area contributed by atoms with Crippen LogP contribution in [0, 0.1) is 15.9 Å². The van der Waals surface area contributed by atoms with Crippen LogP contribution >= 0.6 is 0 Å². The van der Waals surface area contributed by atoms with E-state index in [9.17, 15) is 14.5 Å². The number of nitro benzene ring substituents is 1. The van der Waals surface area contributed by atoms with Crippen molar-refractivity contribution in [2.24, 2.45) is 0 Å². The average molecular weight is 201 g/mol. The van der Waals surface area contributed by atoms with E-state index in [1.165, 1.54) is 0 Å². The van der Waals surface area contributed by atoms with Crippen molar-refractivity contribution < 1.29 is 19.2 Å². The zero-order chi connectivity index (χ0) is 10.6. The summed E-state index contributed by atoms with van der Waals surface area (Å²) in [4.78, 5) is 9.69. The van der Waals surface area contributed by atoms with Crippen LogP contribution in [0.15, 0.2) is 18.2 Å². The number of hydrogen-bond donors (Lipinski definition) is 1. The second-order valence-corrected chi connectivity index (χ2v) is 2.44. The van der Waals surface area contributed by atoms with Gasteiger partial charge >= 0.3 is 5.69 Å². The highest BCUT2D eigenvalue weighted by atomic mass is 19.1. The number of halogens is 1. The molecule has 5 nitrogen and oxygen atoms in total. The topological polar surface area (TPSA) is 72.6 Å². The molecule has 14 heavy (non-hydrogen) atoms. The van der Waals surface area contributed by atoms with Crippen LogP contribution in [-0.4, -0.2) is 23.2 Å². The summed E-state index contributed by atoms with van der Waals surface area (Å²) < 4.78 is 17.5. The normalized spacial score (nSPS) is 9.86. The Balaban J connectivity index is 2.96. The maximum atomic E-state index is 12.6. The molecule has 0 amide bonds. The molecule has 0 bridgehead atoms. The van der Waals surface area contributed by atoms with E-state index in [1.807, 2.05) is 0 Å². The molecule has 0 fully saturated rings. The van der Waals surface area contributed by atoms with Gasteiger partial charge in [0.05, 0.1) is 17.6 Å². The fraction of sp³-hybridized carbons (Fsp3) is 0.250. The molecule has 1 aromatic rings. The minimum Gasteiger partial charge on any atom is -0.484 e. The van der Waals surface area contributed by atoms with Gasteiger partial charge in [-0.05, 0) is 12.1 Å². The zero-order valence-electron chi connectivity index (χ0n) is 7.14. The lowest BCUT2D eigenvalue weighted by Gasteiger charge is -2.04. The van der Waals surface area contributed by atoms with Crippen LogP contribution in [0.1, 0.15) is 0 Å². The van der Waals surface area contributed by atoms with Gasteiger partial charge in [-0.3, -0.25) is 10.1 Å². The molecule has 0 spiro atoms. The van der Waals surface area contributed by atoms with Crippen LogP contribution in [-0.2, 0) is 0 Å². The Morgan fingerprint density at radius 2 is 2.29 bits per heavy atom. The highest BCUT2D eigenvalue weighted by molar-refractivity contribution is 5.46. The molecule has 0 aliphatic heterocycles. The number of rotatable bonds is 4. The van der Waals surface area contributed by atoms with Gasteiger partial charge in [-0.2, -0.15) is 0 Å². The van der Waals surface area contributed by atoms with Gasteiger partial charge < -0.3 is 9.84 Å². The third-order valence-electron chi connectivity index (χ3n) is 1.47. The predicted octanol–water partition coefficient (Wildman–Crippen LogP) is 1.10. The Morgan fingerprint density at radius 1 is 1.57 bits per heavy atom. The van der Waals surface area contributed by atoms with Gasteiger partial charge in [0.1, 0.15) is 12.4 Å². The molecule has 0 atom stereocenters. The number of aliphatic hydroxyl groups excluding tert-OH is 1. The van der Waals surface area contributed by atoms with Crippen molar-refractivity contribution in [2.75, 3.05) is 13.2 Å². The maximum absolute atomic E-state index is 12.6. The zero-order valence-corrected chi connectivity index (χ0v) is 7.14. The van der Waals surface area contributed by atoms with Gasteiger partial charge in [0.25, 0.3) is 0 Å². The molecular weight excluding hydrogens is 193 g/mol. The van der Waals surface area contributed by atoms with Crippen molar-refractivity contribution in [3.63, 3.8) is 0 Å². The molecule has 0 aliphatic carbocycles. The van der Waals surface area contributed by atoms with Crippen LogP contribution in [0.25, 0.3) is 0 Å². The van der Waals surface area contributed by atoms with Crippen LogP contribution in [0.3, 0.4) is 0 Å². The maximum Gasteiger partial charge on any atom is 0.313 e. The van der Waals surface area contributed by atoms with Crippen LogP contribution in [0.5, 0.6) is 5.75 Å². The first-order valence-electron chi connectivity index (χ1n) is 3.82. The molecule has 0 aliphatic rings. The van der Waals surface area contributed by atoms with Crippen molar-refractivity contribution in [3.05, 3.63) is 34.1 Å². The molecule has 0 unspecified atom stereocenters. The lowest BCUT2D eigenvalue weighted by Crippen LogP contribution is -2.04. The van der Waals surface area contributed by atoms with Gasteiger partial charge in [-0.15, -0.1) is 0 Å². The number of aliphatic hydroxyl groups is 1. The number of benzene rings is 1. The predicted molar refractivity (Wildman–Crippen MR) is 45.6 cm³/mol. The lowest BCUT2D eigenvalue weighted by molar-refractivity contribution is -0.386. The third kappa shape index (κ3) is 2.40. The van der Waals surface area contributed by atoms with E-state index in [2.05, 4.69) is 0 Å². The van der Waals surface area contributed by atoms with E-state index < -0.39 is 16.4 Å². The molecule has 0 saturated carbocycles. The number of nitrogens with zero attached hydrogens (tertiary/aromatic N) is 1. The SMILES string of the molecule is O=[N+]([O-])c1cc(F)ccc1OCCO. The van der Waals surface area contributed by atoms with Crippen LogP contribution in [0.2, 0.25) is 0 Å².